The monoisotopic (exact) mass is 409 g/mol. The number of nitrogens with one attached hydrogen (secondary N) is 1. The van der Waals surface area contributed by atoms with Gasteiger partial charge in [0.25, 0.3) is 0 Å². The standard InChI is InChI=1S/C18H18F3N5O3/c1-10-8-26(9-13(29-10)17(28)25-7-14(27)18(19,20)21)12-3-2-11(6-22)15-16(12)24-5-4-23-15/h2-5,10,14,25,27-28H,7-9H2,1H3/b17-13-/t10-,14?/m1/s1. The number of hydrogen-bond donors (Lipinski definition) is 3. The fraction of sp³-hybridized carbons (Fsp3) is 0.389. The van der Waals surface area contributed by atoms with E-state index in [0.29, 0.717) is 28.8 Å². The SMILES string of the molecule is C[C@@H]1CN(c2ccc(C#N)c3nccnc23)C/C(=C(/O)NCC(O)C(F)(F)F)O1. The summed E-state index contributed by atoms with van der Waals surface area (Å²) >= 11 is 0. The minimum absolute atomic E-state index is 0.0273. The van der Waals surface area contributed by atoms with Crippen molar-refractivity contribution in [2.75, 3.05) is 24.5 Å². The van der Waals surface area contributed by atoms with E-state index in [-0.39, 0.29) is 12.3 Å². The average Bonchev–Trinajstić information content (AvgIpc) is 2.69. The molecule has 3 N–H and O–H groups in total. The third-order valence-corrected chi connectivity index (χ3v) is 4.33. The average molecular weight is 409 g/mol. The zero-order valence-corrected chi connectivity index (χ0v) is 15.3. The van der Waals surface area contributed by atoms with Crippen LogP contribution in [0.1, 0.15) is 12.5 Å². The number of aliphatic hydroxyl groups is 2. The summed E-state index contributed by atoms with van der Waals surface area (Å²) in [6.07, 6.45) is -4.85. The Morgan fingerprint density at radius 3 is 2.72 bits per heavy atom. The van der Waals surface area contributed by atoms with Gasteiger partial charge >= 0.3 is 6.18 Å². The Hall–Kier alpha value is -3.26. The highest BCUT2D eigenvalue weighted by molar-refractivity contribution is 5.92. The highest BCUT2D eigenvalue weighted by Crippen LogP contribution is 2.30. The maximum Gasteiger partial charge on any atom is 0.416 e. The summed E-state index contributed by atoms with van der Waals surface area (Å²) in [5.41, 5.74) is 1.91. The molecule has 1 saturated heterocycles. The van der Waals surface area contributed by atoms with Gasteiger partial charge in [0.1, 0.15) is 23.2 Å². The van der Waals surface area contributed by atoms with E-state index < -0.39 is 30.8 Å². The molecule has 2 aromatic rings. The van der Waals surface area contributed by atoms with Gasteiger partial charge in [0, 0.05) is 12.4 Å². The second-order valence-corrected chi connectivity index (χ2v) is 6.52. The lowest BCUT2D eigenvalue weighted by Gasteiger charge is -2.35. The third-order valence-electron chi connectivity index (χ3n) is 4.33. The lowest BCUT2D eigenvalue weighted by Crippen LogP contribution is -2.43. The largest absolute Gasteiger partial charge is 0.492 e. The van der Waals surface area contributed by atoms with Gasteiger partial charge in [0.15, 0.2) is 11.9 Å². The molecule has 2 atom stereocenters. The molecule has 1 aromatic carbocycles. The molecule has 0 spiro atoms. The van der Waals surface area contributed by atoms with Crippen LogP contribution in [0.25, 0.3) is 11.0 Å². The number of halogens is 3. The van der Waals surface area contributed by atoms with Crippen LogP contribution < -0.4 is 10.2 Å². The molecule has 0 radical (unpaired) electrons. The summed E-state index contributed by atoms with van der Waals surface area (Å²) < 4.78 is 42.9. The Kier molecular flexibility index (Phi) is 5.65. The highest BCUT2D eigenvalue weighted by atomic mass is 19.4. The molecule has 0 bridgehead atoms. The number of alkyl halides is 3. The number of morpholine rings is 1. The molecule has 1 aliphatic rings. The molecule has 1 aromatic heterocycles. The van der Waals surface area contributed by atoms with Crippen molar-refractivity contribution in [3.8, 4) is 6.07 Å². The molecule has 1 unspecified atom stereocenters. The van der Waals surface area contributed by atoms with Crippen molar-refractivity contribution in [3.05, 3.63) is 41.7 Å². The molecule has 1 aliphatic heterocycles. The van der Waals surface area contributed by atoms with Crippen LogP contribution in [0, 0.1) is 11.3 Å². The number of benzene rings is 1. The number of aliphatic hydroxyl groups excluding tert-OH is 2. The molecule has 2 heterocycles. The molecule has 1 fully saturated rings. The molecule has 0 amide bonds. The van der Waals surface area contributed by atoms with Crippen molar-refractivity contribution in [2.24, 2.45) is 0 Å². The number of aromatic nitrogens is 2. The van der Waals surface area contributed by atoms with Crippen LogP contribution in [-0.2, 0) is 4.74 Å². The van der Waals surface area contributed by atoms with Gasteiger partial charge in [-0.3, -0.25) is 9.97 Å². The highest BCUT2D eigenvalue weighted by Gasteiger charge is 2.38. The predicted octanol–water partition coefficient (Wildman–Crippen LogP) is 1.97. The second kappa shape index (κ2) is 8.00. The number of anilines is 1. The topological polar surface area (TPSA) is 115 Å². The quantitative estimate of drug-likeness (QED) is 0.657. The van der Waals surface area contributed by atoms with Gasteiger partial charge in [-0.2, -0.15) is 18.4 Å². The number of ether oxygens (including phenoxy) is 1. The Bertz CT molecular complexity index is 973. The van der Waals surface area contributed by atoms with Crippen LogP contribution in [-0.4, -0.2) is 58.2 Å². The van der Waals surface area contributed by atoms with Gasteiger partial charge in [-0.25, -0.2) is 0 Å². The van der Waals surface area contributed by atoms with E-state index in [0.717, 1.165) is 0 Å². The number of hydrogen-bond acceptors (Lipinski definition) is 8. The van der Waals surface area contributed by atoms with Crippen molar-refractivity contribution in [2.45, 2.75) is 25.3 Å². The fourth-order valence-corrected chi connectivity index (χ4v) is 2.98. The van der Waals surface area contributed by atoms with E-state index in [1.165, 1.54) is 12.4 Å². The first-order valence-electron chi connectivity index (χ1n) is 8.67. The van der Waals surface area contributed by atoms with Gasteiger partial charge < -0.3 is 25.2 Å². The van der Waals surface area contributed by atoms with E-state index in [4.69, 9.17) is 9.84 Å². The predicted molar refractivity (Wildman–Crippen MR) is 96.7 cm³/mol. The number of nitriles is 1. The van der Waals surface area contributed by atoms with E-state index in [1.54, 1.807) is 19.1 Å². The van der Waals surface area contributed by atoms with Crippen molar-refractivity contribution < 1.29 is 28.1 Å². The summed E-state index contributed by atoms with van der Waals surface area (Å²) in [5.74, 6) is -0.562. The Labute approximate surface area is 163 Å². The van der Waals surface area contributed by atoms with E-state index in [2.05, 4.69) is 21.4 Å². The maximum atomic E-state index is 12.4. The Morgan fingerprint density at radius 2 is 2.07 bits per heavy atom. The minimum Gasteiger partial charge on any atom is -0.492 e. The second-order valence-electron chi connectivity index (χ2n) is 6.52. The van der Waals surface area contributed by atoms with Crippen molar-refractivity contribution >= 4 is 16.7 Å². The van der Waals surface area contributed by atoms with Crippen LogP contribution >= 0.6 is 0 Å². The van der Waals surface area contributed by atoms with Crippen molar-refractivity contribution in [1.29, 1.82) is 5.26 Å². The van der Waals surface area contributed by atoms with Gasteiger partial charge in [-0.1, -0.05) is 0 Å². The van der Waals surface area contributed by atoms with Gasteiger partial charge in [0.05, 0.1) is 30.9 Å². The molecule has 3 rings (SSSR count). The fourth-order valence-electron chi connectivity index (χ4n) is 2.98. The molecule has 0 aliphatic carbocycles. The molecule has 154 valence electrons. The molecule has 11 heteroatoms. The van der Waals surface area contributed by atoms with Gasteiger partial charge in [-0.05, 0) is 19.1 Å². The smallest absolute Gasteiger partial charge is 0.416 e. The molecule has 29 heavy (non-hydrogen) atoms. The zero-order chi connectivity index (χ0) is 21.2. The molecule has 8 nitrogen and oxygen atoms in total. The zero-order valence-electron chi connectivity index (χ0n) is 15.3. The number of rotatable bonds is 4. The summed E-state index contributed by atoms with van der Waals surface area (Å²) in [7, 11) is 0. The third kappa shape index (κ3) is 4.43. The minimum atomic E-state index is -4.80. The number of nitrogens with zero attached hydrogens (tertiary/aromatic N) is 4. The first-order valence-corrected chi connectivity index (χ1v) is 8.67. The maximum absolute atomic E-state index is 12.4. The van der Waals surface area contributed by atoms with E-state index in [1.807, 2.05) is 4.90 Å². The summed E-state index contributed by atoms with van der Waals surface area (Å²) in [6, 6.07) is 5.36. The Balaban J connectivity index is 1.87. The van der Waals surface area contributed by atoms with Crippen molar-refractivity contribution in [3.63, 3.8) is 0 Å². The summed E-state index contributed by atoms with van der Waals surface area (Å²) in [4.78, 5) is 10.3. The van der Waals surface area contributed by atoms with Crippen LogP contribution in [0.5, 0.6) is 0 Å². The van der Waals surface area contributed by atoms with E-state index >= 15 is 0 Å². The normalized spacial score (nSPS) is 20.0. The van der Waals surface area contributed by atoms with Crippen LogP contribution in [0.3, 0.4) is 0 Å². The van der Waals surface area contributed by atoms with Crippen LogP contribution in [0.4, 0.5) is 18.9 Å². The Morgan fingerprint density at radius 1 is 1.38 bits per heavy atom. The first kappa shape index (κ1) is 20.5. The van der Waals surface area contributed by atoms with Crippen LogP contribution in [0.15, 0.2) is 36.2 Å². The van der Waals surface area contributed by atoms with E-state index in [9.17, 15) is 23.5 Å². The lowest BCUT2D eigenvalue weighted by molar-refractivity contribution is -0.201. The lowest BCUT2D eigenvalue weighted by atomic mass is 10.1. The van der Waals surface area contributed by atoms with Crippen molar-refractivity contribution in [1.82, 2.24) is 15.3 Å². The van der Waals surface area contributed by atoms with Gasteiger partial charge in [0.2, 0.25) is 5.88 Å². The summed E-state index contributed by atoms with van der Waals surface area (Å²) in [5, 5.41) is 30.6. The first-order chi connectivity index (χ1) is 13.7. The molecular weight excluding hydrogens is 391 g/mol. The molecular formula is C18H18F3N5O3. The van der Waals surface area contributed by atoms with Crippen LogP contribution in [0.2, 0.25) is 0 Å². The number of fused-ring (bicyclic) bond motifs is 1. The van der Waals surface area contributed by atoms with Gasteiger partial charge in [-0.15, -0.1) is 0 Å². The summed E-state index contributed by atoms with van der Waals surface area (Å²) in [6.45, 7) is 1.28. The molecule has 0 saturated carbocycles.